The molecule has 0 saturated carbocycles. The van der Waals surface area contributed by atoms with Crippen LogP contribution in [0.15, 0.2) is 48.7 Å². The average molecular weight is 333 g/mol. The van der Waals surface area contributed by atoms with Crippen molar-refractivity contribution in [3.05, 3.63) is 75.5 Å². The van der Waals surface area contributed by atoms with E-state index in [2.05, 4.69) is 6.07 Å². The monoisotopic (exact) mass is 333 g/mol. The fourth-order valence-electron chi connectivity index (χ4n) is 2.85. The van der Waals surface area contributed by atoms with Gasteiger partial charge in [0.05, 0.1) is 16.6 Å². The van der Waals surface area contributed by atoms with Crippen molar-refractivity contribution in [2.45, 2.75) is 12.8 Å². The summed E-state index contributed by atoms with van der Waals surface area (Å²) >= 11 is 0. The average Bonchev–Trinajstić information content (AvgIpc) is 2.96. The van der Waals surface area contributed by atoms with E-state index in [0.29, 0.717) is 29.4 Å². The Bertz CT molecular complexity index is 1010. The highest BCUT2D eigenvalue weighted by Crippen LogP contribution is 2.26. The molecule has 0 fully saturated rings. The summed E-state index contributed by atoms with van der Waals surface area (Å²) in [5.74, 6) is -0.0598. The SMILES string of the molecule is Cn1cc(C(=O)CCc2ccc(C#N)cc2)c2cc([N+](=O)[O-])ccc21. The molecule has 6 nitrogen and oxygen atoms in total. The number of benzene rings is 2. The molecule has 0 unspecified atom stereocenters. The molecule has 0 amide bonds. The number of aryl methyl sites for hydroxylation is 2. The van der Waals surface area contributed by atoms with Crippen molar-refractivity contribution in [2.75, 3.05) is 0 Å². The van der Waals surface area contributed by atoms with E-state index in [-0.39, 0.29) is 11.5 Å². The van der Waals surface area contributed by atoms with E-state index >= 15 is 0 Å². The van der Waals surface area contributed by atoms with Gasteiger partial charge in [0.15, 0.2) is 5.78 Å². The number of nitro groups is 1. The van der Waals surface area contributed by atoms with Crippen LogP contribution in [0, 0.1) is 21.4 Å². The summed E-state index contributed by atoms with van der Waals surface area (Å²) in [5.41, 5.74) is 2.80. The zero-order chi connectivity index (χ0) is 18.0. The Morgan fingerprint density at radius 1 is 1.24 bits per heavy atom. The van der Waals surface area contributed by atoms with Crippen LogP contribution in [0.4, 0.5) is 5.69 Å². The van der Waals surface area contributed by atoms with Gasteiger partial charge in [0.25, 0.3) is 5.69 Å². The molecule has 0 spiro atoms. The first-order chi connectivity index (χ1) is 12.0. The van der Waals surface area contributed by atoms with E-state index in [1.165, 1.54) is 12.1 Å². The van der Waals surface area contributed by atoms with E-state index in [1.54, 1.807) is 29.0 Å². The fraction of sp³-hybridized carbons (Fsp3) is 0.158. The molecule has 1 heterocycles. The third-order valence-corrected chi connectivity index (χ3v) is 4.21. The van der Waals surface area contributed by atoms with Gasteiger partial charge in [-0.05, 0) is 30.2 Å². The normalized spacial score (nSPS) is 10.6. The lowest BCUT2D eigenvalue weighted by Gasteiger charge is -2.01. The molecular formula is C19H15N3O3. The van der Waals surface area contributed by atoms with Crippen LogP contribution in [0.1, 0.15) is 27.9 Å². The van der Waals surface area contributed by atoms with Crippen molar-refractivity contribution in [1.29, 1.82) is 5.26 Å². The number of fused-ring (bicyclic) bond motifs is 1. The summed E-state index contributed by atoms with van der Waals surface area (Å²) in [5, 5.41) is 20.4. The van der Waals surface area contributed by atoms with Crippen LogP contribution in [0.2, 0.25) is 0 Å². The van der Waals surface area contributed by atoms with Crippen LogP contribution in [0.25, 0.3) is 10.9 Å². The number of Topliss-reactive ketones (excluding diaryl/α,β-unsaturated/α-hetero) is 1. The van der Waals surface area contributed by atoms with Gasteiger partial charge in [0.2, 0.25) is 0 Å². The Balaban J connectivity index is 1.85. The largest absolute Gasteiger partial charge is 0.350 e. The minimum Gasteiger partial charge on any atom is -0.350 e. The van der Waals surface area contributed by atoms with Gasteiger partial charge in [0.1, 0.15) is 0 Å². The van der Waals surface area contributed by atoms with Crippen LogP contribution in [-0.2, 0) is 13.5 Å². The van der Waals surface area contributed by atoms with E-state index in [1.807, 2.05) is 19.2 Å². The standard InChI is InChI=1S/C19H15N3O3/c1-21-12-17(16-10-15(22(24)25)7-8-18(16)21)19(23)9-6-13-2-4-14(11-20)5-3-13/h2-5,7-8,10,12H,6,9H2,1H3. The van der Waals surface area contributed by atoms with E-state index in [4.69, 9.17) is 5.26 Å². The summed E-state index contributed by atoms with van der Waals surface area (Å²) in [7, 11) is 1.81. The molecular weight excluding hydrogens is 318 g/mol. The second kappa shape index (κ2) is 6.57. The second-order valence-corrected chi connectivity index (χ2v) is 5.84. The molecule has 124 valence electrons. The molecule has 25 heavy (non-hydrogen) atoms. The van der Waals surface area contributed by atoms with Crippen molar-refractivity contribution in [1.82, 2.24) is 4.57 Å². The van der Waals surface area contributed by atoms with Gasteiger partial charge in [-0.3, -0.25) is 14.9 Å². The third kappa shape index (κ3) is 3.26. The first-order valence-electron chi connectivity index (χ1n) is 7.75. The predicted octanol–water partition coefficient (Wildman–Crippen LogP) is 3.77. The number of aromatic nitrogens is 1. The van der Waals surface area contributed by atoms with Crippen molar-refractivity contribution in [3.8, 4) is 6.07 Å². The van der Waals surface area contributed by atoms with Gasteiger partial charge in [-0.15, -0.1) is 0 Å². The van der Waals surface area contributed by atoms with Gasteiger partial charge < -0.3 is 4.57 Å². The Kier molecular flexibility index (Phi) is 4.31. The number of hydrogen-bond donors (Lipinski definition) is 0. The van der Waals surface area contributed by atoms with Crippen LogP contribution >= 0.6 is 0 Å². The number of nitriles is 1. The second-order valence-electron chi connectivity index (χ2n) is 5.84. The highest BCUT2D eigenvalue weighted by atomic mass is 16.6. The van der Waals surface area contributed by atoms with E-state index in [0.717, 1.165) is 11.1 Å². The first kappa shape index (κ1) is 16.4. The highest BCUT2D eigenvalue weighted by molar-refractivity contribution is 6.08. The lowest BCUT2D eigenvalue weighted by Crippen LogP contribution is -2.01. The quantitative estimate of drug-likeness (QED) is 0.404. The predicted molar refractivity (Wildman–Crippen MR) is 93.4 cm³/mol. The number of ketones is 1. The maximum absolute atomic E-state index is 12.6. The molecule has 0 atom stereocenters. The highest BCUT2D eigenvalue weighted by Gasteiger charge is 2.17. The van der Waals surface area contributed by atoms with Gasteiger partial charge in [-0.1, -0.05) is 12.1 Å². The Morgan fingerprint density at radius 3 is 2.60 bits per heavy atom. The van der Waals surface area contributed by atoms with Crippen LogP contribution < -0.4 is 0 Å². The molecule has 6 heteroatoms. The maximum atomic E-state index is 12.6. The Hall–Kier alpha value is -3.46. The van der Waals surface area contributed by atoms with Crippen LogP contribution in [0.5, 0.6) is 0 Å². The van der Waals surface area contributed by atoms with E-state index in [9.17, 15) is 14.9 Å². The number of carbonyl (C=O) groups excluding carboxylic acids is 1. The number of hydrogen-bond acceptors (Lipinski definition) is 4. The molecule has 1 aromatic heterocycles. The van der Waals surface area contributed by atoms with Gasteiger partial charge in [-0.25, -0.2) is 0 Å². The Morgan fingerprint density at radius 2 is 1.96 bits per heavy atom. The molecule has 0 saturated heterocycles. The van der Waals surface area contributed by atoms with Crippen LogP contribution in [0.3, 0.4) is 0 Å². The number of nitrogens with zero attached hydrogens (tertiary/aromatic N) is 3. The minimum atomic E-state index is -0.461. The molecule has 0 radical (unpaired) electrons. The number of rotatable bonds is 5. The molecule has 3 rings (SSSR count). The molecule has 0 bridgehead atoms. The molecule has 0 aliphatic heterocycles. The Labute approximate surface area is 144 Å². The van der Waals surface area contributed by atoms with Gasteiger partial charge in [0, 0.05) is 48.3 Å². The fourth-order valence-corrected chi connectivity index (χ4v) is 2.85. The van der Waals surface area contributed by atoms with Crippen LogP contribution in [-0.4, -0.2) is 15.3 Å². The van der Waals surface area contributed by atoms with Crippen molar-refractivity contribution in [3.63, 3.8) is 0 Å². The molecule has 3 aromatic rings. The van der Waals surface area contributed by atoms with Crippen molar-refractivity contribution >= 4 is 22.4 Å². The molecule has 2 aromatic carbocycles. The van der Waals surface area contributed by atoms with Crippen molar-refractivity contribution in [2.24, 2.45) is 7.05 Å². The maximum Gasteiger partial charge on any atom is 0.270 e. The first-order valence-corrected chi connectivity index (χ1v) is 7.75. The van der Waals surface area contributed by atoms with Gasteiger partial charge >= 0.3 is 0 Å². The summed E-state index contributed by atoms with van der Waals surface area (Å²) in [6, 6.07) is 13.7. The van der Waals surface area contributed by atoms with Gasteiger partial charge in [-0.2, -0.15) is 5.26 Å². The summed E-state index contributed by atoms with van der Waals surface area (Å²) in [6.07, 6.45) is 2.57. The lowest BCUT2D eigenvalue weighted by atomic mass is 10.0. The minimum absolute atomic E-state index is 0.0279. The molecule has 0 aliphatic rings. The third-order valence-electron chi connectivity index (χ3n) is 4.21. The number of carbonyl (C=O) groups is 1. The van der Waals surface area contributed by atoms with Crippen molar-refractivity contribution < 1.29 is 9.72 Å². The molecule has 0 N–H and O–H groups in total. The zero-order valence-electron chi connectivity index (χ0n) is 13.6. The smallest absolute Gasteiger partial charge is 0.270 e. The summed E-state index contributed by atoms with van der Waals surface area (Å²) in [6.45, 7) is 0. The topological polar surface area (TPSA) is 88.9 Å². The zero-order valence-corrected chi connectivity index (χ0v) is 13.6. The number of nitro benzene ring substituents is 1. The number of non-ortho nitro benzene ring substituents is 1. The van der Waals surface area contributed by atoms with E-state index < -0.39 is 4.92 Å². The summed E-state index contributed by atoms with van der Waals surface area (Å²) < 4.78 is 1.80. The molecule has 0 aliphatic carbocycles. The summed E-state index contributed by atoms with van der Waals surface area (Å²) in [4.78, 5) is 23.1. The lowest BCUT2D eigenvalue weighted by molar-refractivity contribution is -0.384.